The second-order valence-electron chi connectivity index (χ2n) is 14.9. The van der Waals surface area contributed by atoms with E-state index in [1.165, 1.54) is 24.3 Å². The van der Waals surface area contributed by atoms with Crippen LogP contribution in [0.5, 0.6) is 11.5 Å². The van der Waals surface area contributed by atoms with Crippen molar-refractivity contribution in [2.45, 2.75) is 29.4 Å². The Kier molecular flexibility index (Phi) is 17.1. The van der Waals surface area contributed by atoms with Gasteiger partial charge in [0.05, 0.1) is 71.7 Å². The van der Waals surface area contributed by atoms with Crippen LogP contribution in [-0.2, 0) is 59.2 Å². The molecule has 0 bridgehead atoms. The summed E-state index contributed by atoms with van der Waals surface area (Å²) in [5.74, 6) is -4.03. The third-order valence-corrected chi connectivity index (χ3v) is 15.0. The average Bonchev–Trinajstić information content (AvgIpc) is 3.38. The minimum absolute atomic E-state index is 0.0101. The fourth-order valence-corrected chi connectivity index (χ4v) is 10.4. The quantitative estimate of drug-likeness (QED) is 0.00645. The zero-order valence-electron chi connectivity index (χ0n) is 37.9. The summed E-state index contributed by atoms with van der Waals surface area (Å²) in [6.45, 7) is 0. The molecule has 0 fully saturated rings. The number of carboxylic acids is 1. The van der Waals surface area contributed by atoms with Gasteiger partial charge in [0.25, 0.3) is 46.2 Å². The van der Waals surface area contributed by atoms with E-state index in [1.807, 2.05) is 0 Å². The lowest BCUT2D eigenvalue weighted by molar-refractivity contribution is -0.432. The number of phenols is 2. The van der Waals surface area contributed by atoms with Crippen LogP contribution in [0.1, 0.15) is 10.4 Å². The summed E-state index contributed by atoms with van der Waals surface area (Å²) in [6, 6.07) is 13.8. The third kappa shape index (κ3) is 13.1. The summed E-state index contributed by atoms with van der Waals surface area (Å²) in [7, 11) is -21.2. The Bertz CT molecular complexity index is 4280. The first-order valence-electron chi connectivity index (χ1n) is 20.1. The Labute approximate surface area is 447 Å². The number of fused-ring (bicyclic) bond motifs is 2. The number of hydrogen-bond acceptors (Lipinski definition) is 30. The molecule has 0 heterocycles. The van der Waals surface area contributed by atoms with Crippen LogP contribution >= 0.6 is 24.1 Å². The van der Waals surface area contributed by atoms with Gasteiger partial charge in [-0.05, 0) is 78.9 Å². The number of hydrogen-bond donors (Lipinski definition) is 10. The van der Waals surface area contributed by atoms with Crippen LogP contribution in [0.15, 0.2) is 161 Å². The van der Waals surface area contributed by atoms with E-state index >= 15 is 0 Å². The van der Waals surface area contributed by atoms with Crippen molar-refractivity contribution < 1.29 is 106 Å². The molecule has 7 aromatic carbocycles. The minimum atomic E-state index is -5.65. The number of rotatable bonds is 20. The van der Waals surface area contributed by atoms with Gasteiger partial charge in [-0.2, -0.15) is 43.9 Å². The molecule has 0 atom stereocenters. The molecule has 0 unspecified atom stereocenters. The van der Waals surface area contributed by atoms with E-state index in [4.69, 9.17) is 16.2 Å². The molecule has 11 N–H and O–H groups in total. The molecule has 7 aromatic rings. The third-order valence-electron chi connectivity index (χ3n) is 10.2. The largest absolute Gasteiger partial charge is 0.505 e. The van der Waals surface area contributed by atoms with Crippen molar-refractivity contribution in [2.24, 2.45) is 40.9 Å². The normalized spacial score (nSPS) is 12.8. The lowest BCUT2D eigenvalue weighted by atomic mass is 10.0. The topological polar surface area (TPSA) is 541 Å². The summed E-state index contributed by atoms with van der Waals surface area (Å²) in [4.78, 5) is 17.5. The van der Waals surface area contributed by atoms with Gasteiger partial charge in [-0.1, -0.05) is 10.1 Å². The number of nitrogen functional groups attached to an aromatic ring is 1. The van der Waals surface area contributed by atoms with E-state index in [-0.39, 0.29) is 46.0 Å². The van der Waals surface area contributed by atoms with Crippen molar-refractivity contribution in [3.8, 4) is 11.5 Å². The van der Waals surface area contributed by atoms with Crippen molar-refractivity contribution in [1.29, 1.82) is 0 Å². The first-order valence-corrected chi connectivity index (χ1v) is 27.3. The summed E-state index contributed by atoms with van der Waals surface area (Å²) >= 11 is 0.282. The number of aromatic carboxylic acids is 1. The Morgan fingerprint density at radius 2 is 1.11 bits per heavy atom. The molecule has 34 nitrogen and oxygen atoms in total. The maximum atomic E-state index is 13.1. The summed E-state index contributed by atoms with van der Waals surface area (Å²) in [5, 5.41) is 96.5. The Balaban J connectivity index is 1.35. The van der Waals surface area contributed by atoms with Crippen LogP contribution in [0.3, 0.4) is 0 Å². The molecule has 0 saturated heterocycles. The number of nitro groups is 1. The Morgan fingerprint density at radius 3 is 1.71 bits per heavy atom. The first-order chi connectivity index (χ1) is 37.0. The molecular formula is C39H26N10O24S6. The Hall–Kier alpha value is -8.17. The minimum Gasteiger partial charge on any atom is -0.505 e. The van der Waals surface area contributed by atoms with Gasteiger partial charge in [-0.3, -0.25) is 28.3 Å². The van der Waals surface area contributed by atoms with Gasteiger partial charge < -0.3 is 21.1 Å². The van der Waals surface area contributed by atoms with E-state index in [2.05, 4.69) is 59.7 Å². The van der Waals surface area contributed by atoms with Crippen LogP contribution in [0.2, 0.25) is 0 Å². The van der Waals surface area contributed by atoms with Crippen molar-refractivity contribution >= 4 is 149 Å². The highest BCUT2D eigenvalue weighted by molar-refractivity contribution is 7.95. The summed E-state index contributed by atoms with van der Waals surface area (Å²) in [6.07, 6.45) is 0. The molecule has 7 rings (SSSR count). The highest BCUT2D eigenvalue weighted by Crippen LogP contribution is 2.51. The lowest BCUT2D eigenvalue weighted by Gasteiger charge is -2.15. The van der Waals surface area contributed by atoms with E-state index in [1.54, 1.807) is 0 Å². The van der Waals surface area contributed by atoms with E-state index < -0.39 is 154 Å². The SMILES string of the molecule is Nc1c(N=Nc2ccc3c(O)c(N=Nc4ccc(N=Nc5ccc(S(=O)(=O)O)cc5)cc4SOOO)c(S(=O)(=O)O)cc3c2S(=O)(=O)O)cc(S(=O)(=O)O)c2cc(SOOO)c(N=Nc3cc([N+](=O)[O-])ccc3C(=O)O)c(O)c12. The second kappa shape index (κ2) is 23.0. The van der Waals surface area contributed by atoms with Crippen molar-refractivity contribution in [1.82, 2.24) is 0 Å². The predicted octanol–water partition coefficient (Wildman–Crippen LogP) is 10.1. The number of benzene rings is 7. The van der Waals surface area contributed by atoms with Gasteiger partial charge in [0.15, 0.2) is 11.5 Å². The molecule has 0 aliphatic carbocycles. The number of nitro benzene ring substituents is 1. The smallest absolute Gasteiger partial charge is 0.337 e. The van der Waals surface area contributed by atoms with Crippen LogP contribution in [0.25, 0.3) is 21.5 Å². The molecule has 0 radical (unpaired) electrons. The molecule has 0 amide bonds. The van der Waals surface area contributed by atoms with Crippen molar-refractivity contribution in [3.05, 3.63) is 107 Å². The molecule has 0 aliphatic rings. The maximum Gasteiger partial charge on any atom is 0.337 e. The molecule has 0 spiro atoms. The van der Waals surface area contributed by atoms with Crippen molar-refractivity contribution in [3.63, 3.8) is 0 Å². The summed E-state index contributed by atoms with van der Waals surface area (Å²) < 4.78 is 150. The molecule has 0 saturated carbocycles. The average molecular weight is 1210 g/mol. The molecule has 79 heavy (non-hydrogen) atoms. The molecular weight excluding hydrogens is 1180 g/mol. The van der Waals surface area contributed by atoms with Gasteiger partial charge in [0, 0.05) is 28.3 Å². The highest BCUT2D eigenvalue weighted by atomic mass is 32.2. The van der Waals surface area contributed by atoms with Gasteiger partial charge in [-0.25, -0.2) is 15.3 Å². The molecule has 0 aliphatic heterocycles. The highest BCUT2D eigenvalue weighted by Gasteiger charge is 2.30. The van der Waals surface area contributed by atoms with Crippen molar-refractivity contribution in [2.75, 3.05) is 5.73 Å². The van der Waals surface area contributed by atoms with Gasteiger partial charge in [-0.15, -0.1) is 39.4 Å². The van der Waals surface area contributed by atoms with Crippen LogP contribution < -0.4 is 5.73 Å². The van der Waals surface area contributed by atoms with E-state index in [0.717, 1.165) is 48.5 Å². The number of nitrogens with two attached hydrogens (primary N) is 1. The van der Waals surface area contributed by atoms with Gasteiger partial charge >= 0.3 is 5.97 Å². The van der Waals surface area contributed by atoms with Crippen LogP contribution in [-0.4, -0.2) is 88.6 Å². The lowest BCUT2D eigenvalue weighted by Crippen LogP contribution is -2.03. The number of carboxylic acid groups (broad SMARTS) is 1. The molecule has 40 heteroatoms. The van der Waals surface area contributed by atoms with Crippen LogP contribution in [0, 0.1) is 10.1 Å². The number of phenolic OH excluding ortho intramolecular Hbond substituents is 2. The number of aromatic hydroxyl groups is 2. The fraction of sp³-hybridized carbons (Fsp3) is 0. The predicted molar refractivity (Wildman–Crippen MR) is 266 cm³/mol. The zero-order chi connectivity index (χ0) is 57.9. The van der Waals surface area contributed by atoms with E-state index in [0.29, 0.717) is 18.2 Å². The monoisotopic (exact) mass is 1210 g/mol. The van der Waals surface area contributed by atoms with E-state index in [9.17, 15) is 82.1 Å². The second-order valence-corrected chi connectivity index (χ2v) is 22.0. The maximum absolute atomic E-state index is 13.1. The molecule has 0 aromatic heterocycles. The fourth-order valence-electron chi connectivity index (χ4n) is 6.82. The zero-order valence-corrected chi connectivity index (χ0v) is 42.8. The summed E-state index contributed by atoms with van der Waals surface area (Å²) in [5.41, 5.74) is -0.146. The number of non-ortho nitro benzene ring substituents is 1. The van der Waals surface area contributed by atoms with Crippen LogP contribution in [0.4, 0.5) is 56.9 Å². The number of anilines is 1. The first kappa shape index (κ1) is 58.5. The number of azo groups is 4. The van der Waals surface area contributed by atoms with Gasteiger partial charge in [0.1, 0.15) is 48.8 Å². The van der Waals surface area contributed by atoms with Gasteiger partial charge in [0.2, 0.25) is 0 Å². The molecule has 412 valence electrons. The standard InChI is InChI=1S/C39H26N10O24S6/c40-33-27(15-30(77(61,62)63)23-13-29(75-73-71-57)34(37(51)32(23)33)47-45-26-12-18(49(54)55)4-7-21(26)39(52)53)46-44-25-10-8-20-22(38(25)79(67,68)69)14-31(78(64,65)66)35(36(20)50)48-43-24-9-3-17(11-28(24)74-72-70-56)42-41-16-1-5-19(6-2-16)76(58,59)60/h1-15,50-51,56-57H,40H2,(H,52,53)(H,58,59,60)(H,61,62,63)(H,64,65,66)(H,67,68,69). The number of carbonyl (C=O) groups is 1. The number of nitrogens with zero attached hydrogens (tertiary/aromatic N) is 9. The Morgan fingerprint density at radius 1 is 0.544 bits per heavy atom.